The molecule has 5 heteroatoms. The van der Waals surface area contributed by atoms with Gasteiger partial charge >= 0.3 is 0 Å². The molecule has 2 rings (SSSR count). The van der Waals surface area contributed by atoms with E-state index in [0.717, 1.165) is 18.0 Å². The summed E-state index contributed by atoms with van der Waals surface area (Å²) >= 11 is 5.70. The molecule has 0 amide bonds. The topological polar surface area (TPSA) is 53.9 Å². The molecule has 0 saturated heterocycles. The summed E-state index contributed by atoms with van der Waals surface area (Å²) in [5.74, 6) is 1.77. The number of hydrogen-bond donors (Lipinski definition) is 2. The Kier molecular flexibility index (Phi) is 3.64. The molecular formula is C11H14ClN3O. The predicted octanol–water partition coefficient (Wildman–Crippen LogP) is 2.90. The molecule has 1 atom stereocenters. The fraction of sp³-hybridized carbons (Fsp3) is 0.364. The first-order valence-corrected chi connectivity index (χ1v) is 5.64. The molecule has 2 N–H and O–H groups in total. The van der Waals surface area contributed by atoms with E-state index in [9.17, 15) is 0 Å². The third-order valence-electron chi connectivity index (χ3n) is 2.41. The zero-order valence-corrected chi connectivity index (χ0v) is 9.79. The van der Waals surface area contributed by atoms with E-state index in [1.807, 2.05) is 12.3 Å². The van der Waals surface area contributed by atoms with Crippen molar-refractivity contribution in [2.45, 2.75) is 25.9 Å². The highest BCUT2D eigenvalue weighted by Gasteiger charge is 2.11. The normalized spacial score (nSPS) is 12.9. The number of nitrogens with one attached hydrogen (secondary N) is 2. The van der Waals surface area contributed by atoms with Gasteiger partial charge in [0.2, 0.25) is 0 Å². The van der Waals surface area contributed by atoms with Crippen LogP contribution >= 0.6 is 11.6 Å². The van der Waals surface area contributed by atoms with Crippen molar-refractivity contribution in [1.82, 2.24) is 15.3 Å². The molecule has 0 spiro atoms. The van der Waals surface area contributed by atoms with Gasteiger partial charge in [-0.3, -0.25) is 0 Å². The third kappa shape index (κ3) is 2.65. The van der Waals surface area contributed by atoms with Gasteiger partial charge in [-0.25, -0.2) is 4.98 Å². The van der Waals surface area contributed by atoms with E-state index in [-0.39, 0.29) is 6.04 Å². The number of halogens is 1. The van der Waals surface area contributed by atoms with Gasteiger partial charge in [-0.2, -0.15) is 0 Å². The van der Waals surface area contributed by atoms with Crippen molar-refractivity contribution in [3.05, 3.63) is 41.3 Å². The highest BCUT2D eigenvalue weighted by atomic mass is 35.5. The van der Waals surface area contributed by atoms with E-state index in [1.165, 1.54) is 0 Å². The quantitative estimate of drug-likeness (QED) is 0.844. The highest BCUT2D eigenvalue weighted by Crippen LogP contribution is 2.16. The Morgan fingerprint density at radius 1 is 1.56 bits per heavy atom. The van der Waals surface area contributed by atoms with Crippen LogP contribution in [0.5, 0.6) is 0 Å². The summed E-state index contributed by atoms with van der Waals surface area (Å²) in [6.07, 6.45) is 4.54. The number of rotatable bonds is 5. The van der Waals surface area contributed by atoms with Crippen molar-refractivity contribution in [2.24, 2.45) is 0 Å². The average Bonchev–Trinajstić information content (AvgIpc) is 2.91. The number of H-pyrrole nitrogens is 1. The number of hydrogen-bond acceptors (Lipinski definition) is 3. The minimum atomic E-state index is 0.207. The van der Waals surface area contributed by atoms with Crippen LogP contribution in [0.15, 0.2) is 28.9 Å². The van der Waals surface area contributed by atoms with E-state index in [4.69, 9.17) is 16.0 Å². The summed E-state index contributed by atoms with van der Waals surface area (Å²) in [7, 11) is 0. The van der Waals surface area contributed by atoms with Crippen LogP contribution in [0, 0.1) is 0 Å². The number of nitrogens with zero attached hydrogens (tertiary/aromatic N) is 1. The Morgan fingerprint density at radius 2 is 2.44 bits per heavy atom. The van der Waals surface area contributed by atoms with Crippen molar-refractivity contribution in [3.8, 4) is 0 Å². The third-order valence-corrected chi connectivity index (χ3v) is 2.61. The molecule has 4 nitrogen and oxygen atoms in total. The molecule has 0 fully saturated rings. The van der Waals surface area contributed by atoms with Gasteiger partial charge in [0, 0.05) is 12.4 Å². The zero-order valence-electron chi connectivity index (χ0n) is 9.03. The smallest absolute Gasteiger partial charge is 0.193 e. The standard InChI is InChI=1S/C11H14ClN3O/c1-2-9(11-13-5-6-14-11)15-7-8-3-4-10(12)16-8/h3-6,9,15H,2,7H2,1H3,(H,13,14). The van der Waals surface area contributed by atoms with Crippen LogP contribution in [-0.4, -0.2) is 9.97 Å². The number of aromatic nitrogens is 2. The molecule has 16 heavy (non-hydrogen) atoms. The lowest BCUT2D eigenvalue weighted by Gasteiger charge is -2.13. The molecule has 2 heterocycles. The van der Waals surface area contributed by atoms with Gasteiger partial charge in [0.15, 0.2) is 5.22 Å². The fourth-order valence-corrected chi connectivity index (χ4v) is 1.74. The van der Waals surface area contributed by atoms with Crippen LogP contribution in [0.25, 0.3) is 0 Å². The van der Waals surface area contributed by atoms with Gasteiger partial charge in [0.25, 0.3) is 0 Å². The van der Waals surface area contributed by atoms with Crippen LogP contribution in [0.1, 0.15) is 31.0 Å². The van der Waals surface area contributed by atoms with Crippen LogP contribution < -0.4 is 5.32 Å². The molecule has 0 bridgehead atoms. The summed E-state index contributed by atoms with van der Waals surface area (Å²) in [5, 5.41) is 3.77. The lowest BCUT2D eigenvalue weighted by atomic mass is 10.2. The number of furan rings is 1. The maximum absolute atomic E-state index is 5.70. The van der Waals surface area contributed by atoms with E-state index in [0.29, 0.717) is 11.8 Å². The minimum absolute atomic E-state index is 0.207. The van der Waals surface area contributed by atoms with Crippen LogP contribution in [-0.2, 0) is 6.54 Å². The van der Waals surface area contributed by atoms with Gasteiger partial charge in [0.1, 0.15) is 11.6 Å². The first-order chi connectivity index (χ1) is 7.79. The van der Waals surface area contributed by atoms with Crippen LogP contribution in [0.4, 0.5) is 0 Å². The molecule has 0 aliphatic carbocycles. The summed E-state index contributed by atoms with van der Waals surface area (Å²) in [6, 6.07) is 3.82. The molecule has 2 aromatic heterocycles. The summed E-state index contributed by atoms with van der Waals surface area (Å²) in [4.78, 5) is 7.33. The molecule has 0 aliphatic rings. The average molecular weight is 240 g/mol. The maximum atomic E-state index is 5.70. The van der Waals surface area contributed by atoms with Gasteiger partial charge in [-0.1, -0.05) is 6.92 Å². The molecule has 1 unspecified atom stereocenters. The predicted molar refractivity (Wildman–Crippen MR) is 62.2 cm³/mol. The van der Waals surface area contributed by atoms with Crippen molar-refractivity contribution >= 4 is 11.6 Å². The van der Waals surface area contributed by atoms with Gasteiger partial charge in [0.05, 0.1) is 12.6 Å². The summed E-state index contributed by atoms with van der Waals surface area (Å²) in [6.45, 7) is 2.75. The second-order valence-corrected chi connectivity index (χ2v) is 3.89. The monoisotopic (exact) mass is 239 g/mol. The van der Waals surface area contributed by atoms with E-state index in [2.05, 4.69) is 22.2 Å². The van der Waals surface area contributed by atoms with Gasteiger partial charge < -0.3 is 14.7 Å². The molecule has 0 aromatic carbocycles. The Morgan fingerprint density at radius 3 is 3.00 bits per heavy atom. The maximum Gasteiger partial charge on any atom is 0.193 e. The van der Waals surface area contributed by atoms with Crippen molar-refractivity contribution in [1.29, 1.82) is 0 Å². The van der Waals surface area contributed by atoms with E-state index in [1.54, 1.807) is 12.3 Å². The Labute approximate surface area is 99.0 Å². The minimum Gasteiger partial charge on any atom is -0.448 e. The first-order valence-electron chi connectivity index (χ1n) is 5.26. The molecule has 0 saturated carbocycles. The second-order valence-electron chi connectivity index (χ2n) is 3.52. The lowest BCUT2D eigenvalue weighted by Crippen LogP contribution is -2.21. The van der Waals surface area contributed by atoms with Crippen molar-refractivity contribution in [3.63, 3.8) is 0 Å². The first kappa shape index (κ1) is 11.2. The Bertz CT molecular complexity index is 424. The van der Waals surface area contributed by atoms with Crippen molar-refractivity contribution < 1.29 is 4.42 Å². The molecule has 0 aliphatic heterocycles. The Balaban J connectivity index is 1.93. The highest BCUT2D eigenvalue weighted by molar-refractivity contribution is 6.28. The zero-order chi connectivity index (χ0) is 11.4. The largest absolute Gasteiger partial charge is 0.448 e. The molecular weight excluding hydrogens is 226 g/mol. The molecule has 86 valence electrons. The van der Waals surface area contributed by atoms with Gasteiger partial charge in [-0.05, 0) is 30.2 Å². The second kappa shape index (κ2) is 5.18. The Hall–Kier alpha value is -1.26. The molecule has 0 radical (unpaired) electrons. The summed E-state index contributed by atoms with van der Waals surface area (Å²) < 4.78 is 5.27. The van der Waals surface area contributed by atoms with Crippen molar-refractivity contribution in [2.75, 3.05) is 0 Å². The van der Waals surface area contributed by atoms with Gasteiger partial charge in [-0.15, -0.1) is 0 Å². The SMILES string of the molecule is CCC(NCc1ccc(Cl)o1)c1ncc[nH]1. The number of aromatic amines is 1. The van der Waals surface area contributed by atoms with Crippen LogP contribution in [0.2, 0.25) is 5.22 Å². The lowest BCUT2D eigenvalue weighted by molar-refractivity contribution is 0.435. The van der Waals surface area contributed by atoms with E-state index < -0.39 is 0 Å². The van der Waals surface area contributed by atoms with Crippen LogP contribution in [0.3, 0.4) is 0 Å². The fourth-order valence-electron chi connectivity index (χ4n) is 1.57. The number of imidazole rings is 1. The summed E-state index contributed by atoms with van der Waals surface area (Å²) in [5.41, 5.74) is 0. The molecule has 2 aromatic rings. The van der Waals surface area contributed by atoms with E-state index >= 15 is 0 Å².